The van der Waals surface area contributed by atoms with Crippen molar-refractivity contribution in [1.82, 2.24) is 4.90 Å². The Hall–Kier alpha value is -1.11. The van der Waals surface area contributed by atoms with E-state index in [2.05, 4.69) is 22.6 Å². The van der Waals surface area contributed by atoms with Crippen molar-refractivity contribution in [2.45, 2.75) is 25.3 Å². The summed E-state index contributed by atoms with van der Waals surface area (Å²) in [6, 6.07) is 7.64. The van der Waals surface area contributed by atoms with Gasteiger partial charge < -0.3 is 10.0 Å². The summed E-state index contributed by atoms with van der Waals surface area (Å²) in [4.78, 5) is 24.7. The minimum absolute atomic E-state index is 0.115. The molecular formula is C13H14INO3. The monoisotopic (exact) mass is 359 g/mol. The van der Waals surface area contributed by atoms with Crippen molar-refractivity contribution < 1.29 is 14.7 Å². The van der Waals surface area contributed by atoms with Crippen LogP contribution in [0.25, 0.3) is 0 Å². The van der Waals surface area contributed by atoms with Gasteiger partial charge >= 0.3 is 5.97 Å². The fourth-order valence-corrected chi connectivity index (χ4v) is 2.66. The van der Waals surface area contributed by atoms with Gasteiger partial charge in [-0.1, -0.05) is 18.2 Å². The minimum Gasteiger partial charge on any atom is -0.480 e. The van der Waals surface area contributed by atoms with E-state index in [1.807, 2.05) is 24.3 Å². The number of likely N-dealkylation sites (tertiary alicyclic amines) is 1. The van der Waals surface area contributed by atoms with E-state index < -0.39 is 11.5 Å². The molecule has 0 spiro atoms. The van der Waals surface area contributed by atoms with E-state index in [0.29, 0.717) is 13.0 Å². The summed E-state index contributed by atoms with van der Waals surface area (Å²) in [6.45, 7) is 2.14. The van der Waals surface area contributed by atoms with Crippen LogP contribution in [0.2, 0.25) is 0 Å². The summed E-state index contributed by atoms with van der Waals surface area (Å²) in [6.07, 6.45) is 0.794. The van der Waals surface area contributed by atoms with E-state index in [1.165, 1.54) is 4.90 Å². The molecule has 0 radical (unpaired) electrons. The van der Waals surface area contributed by atoms with Gasteiger partial charge in [0.15, 0.2) is 0 Å². The van der Waals surface area contributed by atoms with Gasteiger partial charge in [0.25, 0.3) is 0 Å². The molecule has 0 aliphatic carbocycles. The molecule has 0 aromatic heterocycles. The first-order valence-corrected chi connectivity index (χ1v) is 6.80. The fraction of sp³-hybridized carbons (Fsp3) is 0.385. The van der Waals surface area contributed by atoms with E-state index in [1.54, 1.807) is 6.92 Å². The Bertz CT molecular complexity index is 503. The van der Waals surface area contributed by atoms with Gasteiger partial charge in [-0.25, -0.2) is 4.79 Å². The van der Waals surface area contributed by atoms with Gasteiger partial charge in [-0.05, 0) is 47.6 Å². The zero-order valence-electron chi connectivity index (χ0n) is 10.0. The molecule has 5 heteroatoms. The number of rotatable bonds is 3. The van der Waals surface area contributed by atoms with Crippen molar-refractivity contribution in [2.75, 3.05) is 6.54 Å². The lowest BCUT2D eigenvalue weighted by molar-refractivity contribution is -0.168. The quantitative estimate of drug-likeness (QED) is 0.839. The molecular weight excluding hydrogens is 345 g/mol. The second-order valence-corrected chi connectivity index (χ2v) is 5.80. The zero-order valence-corrected chi connectivity index (χ0v) is 12.2. The number of amides is 1. The molecule has 1 atom stereocenters. The molecule has 1 unspecified atom stereocenters. The summed E-state index contributed by atoms with van der Waals surface area (Å²) in [5.41, 5.74) is -0.0696. The molecule has 18 heavy (non-hydrogen) atoms. The number of aliphatic carboxylic acids is 1. The first-order chi connectivity index (χ1) is 8.45. The second-order valence-electron chi connectivity index (χ2n) is 4.64. The van der Waals surface area contributed by atoms with Gasteiger partial charge in [-0.3, -0.25) is 4.79 Å². The van der Waals surface area contributed by atoms with Crippen LogP contribution in [0.5, 0.6) is 0 Å². The van der Waals surface area contributed by atoms with Crippen molar-refractivity contribution in [3.8, 4) is 0 Å². The average Bonchev–Trinajstić information content (AvgIpc) is 2.29. The highest BCUT2D eigenvalue weighted by Crippen LogP contribution is 2.31. The maximum atomic E-state index is 12.1. The predicted octanol–water partition coefficient (Wildman–Crippen LogP) is 1.91. The molecule has 96 valence electrons. The Morgan fingerprint density at radius 3 is 2.61 bits per heavy atom. The fourth-order valence-electron chi connectivity index (χ4n) is 2.08. The Labute approximate surface area is 119 Å². The Kier molecular flexibility index (Phi) is 3.61. The molecule has 1 heterocycles. The van der Waals surface area contributed by atoms with Crippen LogP contribution < -0.4 is 0 Å². The highest BCUT2D eigenvalue weighted by Gasteiger charge is 2.49. The van der Waals surface area contributed by atoms with Crippen molar-refractivity contribution >= 4 is 34.5 Å². The summed E-state index contributed by atoms with van der Waals surface area (Å²) in [5, 5.41) is 9.14. The van der Waals surface area contributed by atoms with Crippen LogP contribution in [0, 0.1) is 3.57 Å². The number of carboxylic acid groups (broad SMARTS) is 1. The van der Waals surface area contributed by atoms with E-state index in [-0.39, 0.29) is 12.3 Å². The lowest BCUT2D eigenvalue weighted by atomic mass is 9.86. The van der Waals surface area contributed by atoms with Crippen molar-refractivity contribution in [2.24, 2.45) is 0 Å². The van der Waals surface area contributed by atoms with Gasteiger partial charge in [-0.2, -0.15) is 0 Å². The Morgan fingerprint density at radius 1 is 1.44 bits per heavy atom. The third-order valence-electron chi connectivity index (χ3n) is 3.48. The number of benzene rings is 1. The first-order valence-electron chi connectivity index (χ1n) is 5.72. The van der Waals surface area contributed by atoms with Crippen LogP contribution in [-0.2, 0) is 16.0 Å². The van der Waals surface area contributed by atoms with Gasteiger partial charge in [0.05, 0.1) is 6.42 Å². The maximum absolute atomic E-state index is 12.1. The number of carboxylic acids is 1. The third kappa shape index (κ3) is 2.23. The molecule has 1 aliphatic heterocycles. The largest absolute Gasteiger partial charge is 0.480 e. The number of hydrogen-bond acceptors (Lipinski definition) is 2. The molecule has 2 rings (SSSR count). The Morgan fingerprint density at radius 2 is 2.11 bits per heavy atom. The van der Waals surface area contributed by atoms with E-state index in [4.69, 9.17) is 5.11 Å². The number of hydrogen-bond donors (Lipinski definition) is 1. The van der Waals surface area contributed by atoms with Gasteiger partial charge in [0.1, 0.15) is 5.54 Å². The molecule has 1 saturated heterocycles. The zero-order chi connectivity index (χ0) is 13.3. The molecule has 1 aromatic rings. The van der Waals surface area contributed by atoms with Crippen molar-refractivity contribution in [3.05, 3.63) is 33.4 Å². The predicted molar refractivity (Wildman–Crippen MR) is 75.2 cm³/mol. The van der Waals surface area contributed by atoms with Crippen molar-refractivity contribution in [3.63, 3.8) is 0 Å². The summed E-state index contributed by atoms with van der Waals surface area (Å²) in [5.74, 6) is -1.04. The topological polar surface area (TPSA) is 57.6 Å². The van der Waals surface area contributed by atoms with Gasteiger partial charge in [-0.15, -0.1) is 0 Å². The van der Waals surface area contributed by atoms with E-state index in [9.17, 15) is 9.59 Å². The van der Waals surface area contributed by atoms with Crippen molar-refractivity contribution in [1.29, 1.82) is 0 Å². The average molecular weight is 359 g/mol. The van der Waals surface area contributed by atoms with Crippen LogP contribution in [0.15, 0.2) is 24.3 Å². The minimum atomic E-state index is -1.02. The third-order valence-corrected chi connectivity index (χ3v) is 4.53. The number of halogens is 1. The summed E-state index contributed by atoms with van der Waals surface area (Å²) >= 11 is 2.18. The standard InChI is InChI=1S/C13H14INO3/c1-13(12(17)18)6-7-15(13)11(16)8-9-4-2-3-5-10(9)14/h2-5H,6-8H2,1H3,(H,17,18). The molecule has 1 aromatic carbocycles. The molecule has 4 nitrogen and oxygen atoms in total. The highest BCUT2D eigenvalue weighted by atomic mass is 127. The van der Waals surface area contributed by atoms with Crippen LogP contribution in [0.4, 0.5) is 0 Å². The lowest BCUT2D eigenvalue weighted by Gasteiger charge is -2.47. The van der Waals surface area contributed by atoms with E-state index in [0.717, 1.165) is 9.13 Å². The Balaban J connectivity index is 2.10. The van der Waals surface area contributed by atoms with Crippen LogP contribution >= 0.6 is 22.6 Å². The maximum Gasteiger partial charge on any atom is 0.329 e. The van der Waals surface area contributed by atoms with E-state index >= 15 is 0 Å². The van der Waals surface area contributed by atoms with Crippen LogP contribution in [0.1, 0.15) is 18.9 Å². The molecule has 1 amide bonds. The lowest BCUT2D eigenvalue weighted by Crippen LogP contribution is -2.65. The van der Waals surface area contributed by atoms with Crippen LogP contribution in [-0.4, -0.2) is 34.0 Å². The summed E-state index contributed by atoms with van der Waals surface area (Å²) < 4.78 is 1.03. The smallest absolute Gasteiger partial charge is 0.329 e. The number of nitrogens with zero attached hydrogens (tertiary/aromatic N) is 1. The first kappa shape index (κ1) is 13.3. The highest BCUT2D eigenvalue weighted by molar-refractivity contribution is 14.1. The van der Waals surface area contributed by atoms with Gasteiger partial charge in [0, 0.05) is 10.1 Å². The molecule has 1 aliphatic rings. The SMILES string of the molecule is CC1(C(=O)O)CCN1C(=O)Cc1ccccc1I. The molecule has 1 fully saturated rings. The molecule has 1 N–H and O–H groups in total. The second kappa shape index (κ2) is 4.87. The molecule has 0 saturated carbocycles. The number of carbonyl (C=O) groups excluding carboxylic acids is 1. The normalized spacial score (nSPS) is 22.4. The van der Waals surface area contributed by atoms with Crippen LogP contribution in [0.3, 0.4) is 0 Å². The molecule has 0 bridgehead atoms. The number of carbonyl (C=O) groups is 2. The van der Waals surface area contributed by atoms with Gasteiger partial charge in [0.2, 0.25) is 5.91 Å². The summed E-state index contributed by atoms with van der Waals surface area (Å²) in [7, 11) is 0.